The van der Waals surface area contributed by atoms with Crippen LogP contribution in [0.2, 0.25) is 0 Å². The summed E-state index contributed by atoms with van der Waals surface area (Å²) < 4.78 is 31.3. The van der Waals surface area contributed by atoms with Crippen molar-refractivity contribution >= 4 is 11.6 Å². The Balaban J connectivity index is 1.57. The van der Waals surface area contributed by atoms with Crippen LogP contribution in [0.15, 0.2) is 36.4 Å². The summed E-state index contributed by atoms with van der Waals surface area (Å²) in [5.41, 5.74) is 2.79. The van der Waals surface area contributed by atoms with Gasteiger partial charge in [0.25, 0.3) is 5.91 Å². The van der Waals surface area contributed by atoms with Gasteiger partial charge in [0.1, 0.15) is 5.75 Å². The summed E-state index contributed by atoms with van der Waals surface area (Å²) in [7, 11) is 0. The van der Waals surface area contributed by atoms with Gasteiger partial charge < -0.3 is 10.1 Å². The molecular weight excluding hydrogens is 288 g/mol. The lowest BCUT2D eigenvalue weighted by molar-refractivity contribution is -0.118. The predicted octanol–water partition coefficient (Wildman–Crippen LogP) is 3.47. The highest BCUT2D eigenvalue weighted by molar-refractivity contribution is 5.91. The lowest BCUT2D eigenvalue weighted by atomic mass is 10.1. The van der Waals surface area contributed by atoms with Gasteiger partial charge in [-0.15, -0.1) is 0 Å². The number of carbonyl (C=O) groups excluding carboxylic acids is 1. The Morgan fingerprint density at radius 3 is 2.68 bits per heavy atom. The topological polar surface area (TPSA) is 38.3 Å². The maximum atomic E-state index is 13.0. The van der Waals surface area contributed by atoms with E-state index in [0.29, 0.717) is 5.75 Å². The van der Waals surface area contributed by atoms with E-state index in [4.69, 9.17) is 4.74 Å². The Morgan fingerprint density at radius 2 is 1.86 bits per heavy atom. The number of ether oxygens (including phenoxy) is 1. The van der Waals surface area contributed by atoms with E-state index in [-0.39, 0.29) is 12.3 Å². The second kappa shape index (κ2) is 6.13. The summed E-state index contributed by atoms with van der Waals surface area (Å²) >= 11 is 0. The van der Waals surface area contributed by atoms with E-state index in [1.165, 1.54) is 17.2 Å². The number of nitrogens with one attached hydrogen (secondary N) is 1. The number of amides is 1. The maximum Gasteiger partial charge on any atom is 0.262 e. The Morgan fingerprint density at radius 1 is 1.05 bits per heavy atom. The Labute approximate surface area is 126 Å². The van der Waals surface area contributed by atoms with E-state index in [0.717, 1.165) is 31.4 Å². The Kier molecular flexibility index (Phi) is 4.04. The van der Waals surface area contributed by atoms with Crippen LogP contribution in [0.5, 0.6) is 5.75 Å². The van der Waals surface area contributed by atoms with Crippen LogP contribution < -0.4 is 10.1 Å². The van der Waals surface area contributed by atoms with E-state index in [9.17, 15) is 13.6 Å². The first-order valence-electron chi connectivity index (χ1n) is 7.11. The molecular formula is C17H15F2NO2. The number of anilines is 1. The van der Waals surface area contributed by atoms with Gasteiger partial charge in [0.2, 0.25) is 0 Å². The number of rotatable bonds is 4. The van der Waals surface area contributed by atoms with Crippen LogP contribution in [0.1, 0.15) is 17.5 Å². The lowest BCUT2D eigenvalue weighted by Crippen LogP contribution is -2.20. The number of aryl methyl sites for hydroxylation is 2. The monoisotopic (exact) mass is 303 g/mol. The second-order valence-corrected chi connectivity index (χ2v) is 5.25. The number of benzene rings is 2. The zero-order chi connectivity index (χ0) is 15.5. The molecule has 0 bridgehead atoms. The molecule has 114 valence electrons. The highest BCUT2D eigenvalue weighted by Gasteiger charge is 2.12. The van der Waals surface area contributed by atoms with Gasteiger partial charge in [0.15, 0.2) is 18.2 Å². The first kappa shape index (κ1) is 14.5. The molecule has 1 aliphatic carbocycles. The van der Waals surface area contributed by atoms with Crippen molar-refractivity contribution < 1.29 is 18.3 Å². The summed E-state index contributed by atoms with van der Waals surface area (Å²) in [6, 6.07) is 9.01. The third kappa shape index (κ3) is 3.24. The van der Waals surface area contributed by atoms with Crippen LogP contribution in [0.4, 0.5) is 14.5 Å². The standard InChI is InChI=1S/C17H15F2NO2/c18-15-7-5-13(9-16(15)19)20-17(21)10-22-14-6-4-11-2-1-3-12(11)8-14/h4-9H,1-3,10H2,(H,20,21). The molecule has 0 saturated heterocycles. The first-order valence-corrected chi connectivity index (χ1v) is 7.11. The zero-order valence-electron chi connectivity index (χ0n) is 11.9. The van der Waals surface area contributed by atoms with Crippen LogP contribution in [0, 0.1) is 11.6 Å². The summed E-state index contributed by atoms with van der Waals surface area (Å²) in [4.78, 5) is 11.8. The number of hydrogen-bond donors (Lipinski definition) is 1. The van der Waals surface area contributed by atoms with Gasteiger partial charge >= 0.3 is 0 Å². The molecule has 0 spiro atoms. The van der Waals surface area contributed by atoms with Crippen molar-refractivity contribution in [2.45, 2.75) is 19.3 Å². The molecule has 0 aliphatic heterocycles. The fourth-order valence-electron chi connectivity index (χ4n) is 2.56. The number of halogens is 2. The summed E-state index contributed by atoms with van der Waals surface area (Å²) in [5.74, 6) is -1.74. The van der Waals surface area contributed by atoms with E-state index < -0.39 is 17.5 Å². The summed E-state index contributed by atoms with van der Waals surface area (Å²) in [6.45, 7) is -0.183. The molecule has 0 atom stereocenters. The first-order chi connectivity index (χ1) is 10.6. The fourth-order valence-corrected chi connectivity index (χ4v) is 2.56. The SMILES string of the molecule is O=C(COc1ccc2c(c1)CCC2)Nc1ccc(F)c(F)c1. The van der Waals surface area contributed by atoms with Gasteiger partial charge in [-0.25, -0.2) is 8.78 Å². The van der Waals surface area contributed by atoms with Gasteiger partial charge in [-0.1, -0.05) is 6.07 Å². The van der Waals surface area contributed by atoms with Crippen LogP contribution >= 0.6 is 0 Å². The minimum absolute atomic E-state index is 0.183. The van der Waals surface area contributed by atoms with Crippen molar-refractivity contribution in [1.82, 2.24) is 0 Å². The van der Waals surface area contributed by atoms with Gasteiger partial charge in [-0.2, -0.15) is 0 Å². The molecule has 22 heavy (non-hydrogen) atoms. The molecule has 2 aromatic carbocycles. The Hall–Kier alpha value is -2.43. The third-order valence-corrected chi connectivity index (χ3v) is 3.64. The van der Waals surface area contributed by atoms with E-state index in [2.05, 4.69) is 5.32 Å². The van der Waals surface area contributed by atoms with E-state index in [1.807, 2.05) is 18.2 Å². The molecule has 0 radical (unpaired) electrons. The highest BCUT2D eigenvalue weighted by atomic mass is 19.2. The van der Waals surface area contributed by atoms with Crippen LogP contribution in [-0.4, -0.2) is 12.5 Å². The normalized spacial score (nSPS) is 12.8. The maximum absolute atomic E-state index is 13.0. The van der Waals surface area contributed by atoms with E-state index in [1.54, 1.807) is 0 Å². The second-order valence-electron chi connectivity index (χ2n) is 5.25. The molecule has 1 amide bonds. The molecule has 0 fully saturated rings. The van der Waals surface area contributed by atoms with Gasteiger partial charge in [0.05, 0.1) is 0 Å². The molecule has 0 saturated carbocycles. The van der Waals surface area contributed by atoms with Crippen molar-refractivity contribution in [3.63, 3.8) is 0 Å². The lowest BCUT2D eigenvalue weighted by Gasteiger charge is -2.09. The van der Waals surface area contributed by atoms with E-state index >= 15 is 0 Å². The molecule has 3 nitrogen and oxygen atoms in total. The molecule has 0 unspecified atom stereocenters. The minimum atomic E-state index is -1.00. The minimum Gasteiger partial charge on any atom is -0.484 e. The number of hydrogen-bond acceptors (Lipinski definition) is 2. The van der Waals surface area contributed by atoms with Gasteiger partial charge in [0, 0.05) is 11.8 Å². The zero-order valence-corrected chi connectivity index (χ0v) is 11.9. The van der Waals surface area contributed by atoms with Gasteiger partial charge in [-0.05, 0) is 54.7 Å². The number of fused-ring (bicyclic) bond motifs is 1. The smallest absolute Gasteiger partial charge is 0.262 e. The largest absolute Gasteiger partial charge is 0.484 e. The highest BCUT2D eigenvalue weighted by Crippen LogP contribution is 2.26. The number of carbonyl (C=O) groups is 1. The fraction of sp³-hybridized carbons (Fsp3) is 0.235. The average Bonchev–Trinajstić information content (AvgIpc) is 2.96. The predicted molar refractivity (Wildman–Crippen MR) is 78.9 cm³/mol. The molecule has 1 aliphatic rings. The molecule has 5 heteroatoms. The van der Waals surface area contributed by atoms with Gasteiger partial charge in [-0.3, -0.25) is 4.79 Å². The molecule has 0 aromatic heterocycles. The van der Waals surface area contributed by atoms with Crippen molar-refractivity contribution in [1.29, 1.82) is 0 Å². The van der Waals surface area contributed by atoms with Crippen LogP contribution in [0.25, 0.3) is 0 Å². The average molecular weight is 303 g/mol. The summed E-state index contributed by atoms with van der Waals surface area (Å²) in [5, 5.41) is 2.46. The van der Waals surface area contributed by atoms with Crippen LogP contribution in [0.3, 0.4) is 0 Å². The van der Waals surface area contributed by atoms with Crippen molar-refractivity contribution in [2.75, 3.05) is 11.9 Å². The van der Waals surface area contributed by atoms with Crippen molar-refractivity contribution in [3.8, 4) is 5.75 Å². The summed E-state index contributed by atoms with van der Waals surface area (Å²) in [6.07, 6.45) is 3.27. The molecule has 1 N–H and O–H groups in total. The van der Waals surface area contributed by atoms with Crippen molar-refractivity contribution in [3.05, 3.63) is 59.2 Å². The molecule has 0 heterocycles. The quantitative estimate of drug-likeness (QED) is 0.939. The Bertz CT molecular complexity index is 716. The molecule has 2 aromatic rings. The van der Waals surface area contributed by atoms with Crippen molar-refractivity contribution in [2.24, 2.45) is 0 Å². The third-order valence-electron chi connectivity index (χ3n) is 3.64. The molecule has 3 rings (SSSR count). The van der Waals surface area contributed by atoms with Crippen LogP contribution in [-0.2, 0) is 17.6 Å².